The molecule has 31 heavy (non-hydrogen) atoms. The Bertz CT molecular complexity index is 1200. The van der Waals surface area contributed by atoms with Gasteiger partial charge in [0.05, 0.1) is 17.6 Å². The highest BCUT2D eigenvalue weighted by Crippen LogP contribution is 2.50. The summed E-state index contributed by atoms with van der Waals surface area (Å²) in [5.74, 6) is -1.29. The van der Waals surface area contributed by atoms with Crippen LogP contribution in [-0.4, -0.2) is 38.3 Å². The maximum Gasteiger partial charge on any atom is 0.401 e. The highest BCUT2D eigenvalue weighted by Gasteiger charge is 2.60. The number of nitrogens with zero attached hydrogens (tertiary/aromatic N) is 5. The third-order valence-corrected chi connectivity index (χ3v) is 5.07. The van der Waals surface area contributed by atoms with Crippen LogP contribution >= 0.6 is 11.6 Å². The van der Waals surface area contributed by atoms with Gasteiger partial charge >= 0.3 is 12.2 Å². The fourth-order valence-corrected chi connectivity index (χ4v) is 3.56. The number of aromatic nitrogens is 4. The monoisotopic (exact) mass is 464 g/mol. The SMILES string of the molecule is C[C@@]1(C(F)(F)F)CN(C(=O)Nc2cc(F)nc(C(F)F)c2)c2cnc3cc(Cl)nn3c21. The van der Waals surface area contributed by atoms with E-state index in [1.165, 1.54) is 6.07 Å². The molecule has 1 aliphatic heterocycles. The quantitative estimate of drug-likeness (QED) is 0.439. The summed E-state index contributed by atoms with van der Waals surface area (Å²) in [6.07, 6.45) is -6.86. The Hall–Kier alpha value is -3.09. The lowest BCUT2D eigenvalue weighted by atomic mass is 9.88. The van der Waals surface area contributed by atoms with Gasteiger partial charge in [0.1, 0.15) is 11.1 Å². The second-order valence-corrected chi connectivity index (χ2v) is 7.37. The van der Waals surface area contributed by atoms with Gasteiger partial charge in [-0.2, -0.15) is 22.7 Å². The van der Waals surface area contributed by atoms with Crippen LogP contribution in [0.2, 0.25) is 5.15 Å². The summed E-state index contributed by atoms with van der Waals surface area (Å²) in [4.78, 5) is 20.5. The van der Waals surface area contributed by atoms with E-state index >= 15 is 0 Å². The first-order valence-electron chi connectivity index (χ1n) is 8.56. The molecule has 1 N–H and O–H groups in total. The maximum atomic E-state index is 14.0. The molecule has 0 fully saturated rings. The van der Waals surface area contributed by atoms with Crippen LogP contribution in [0.3, 0.4) is 0 Å². The number of pyridine rings is 1. The van der Waals surface area contributed by atoms with Gasteiger partial charge in [-0.15, -0.1) is 0 Å². The first-order chi connectivity index (χ1) is 14.4. The van der Waals surface area contributed by atoms with Gasteiger partial charge in [0.25, 0.3) is 6.43 Å². The maximum absolute atomic E-state index is 14.0. The molecule has 3 aromatic heterocycles. The van der Waals surface area contributed by atoms with E-state index in [1.807, 2.05) is 0 Å². The van der Waals surface area contributed by atoms with Crippen molar-refractivity contribution in [2.24, 2.45) is 0 Å². The van der Waals surface area contributed by atoms with Crippen LogP contribution in [-0.2, 0) is 5.41 Å². The molecule has 0 saturated carbocycles. The largest absolute Gasteiger partial charge is 0.401 e. The van der Waals surface area contributed by atoms with Gasteiger partial charge in [-0.05, 0) is 13.0 Å². The number of anilines is 2. The second kappa shape index (κ2) is 6.97. The number of fused-ring (bicyclic) bond motifs is 3. The fourth-order valence-electron chi connectivity index (χ4n) is 3.38. The second-order valence-electron chi connectivity index (χ2n) is 6.98. The van der Waals surface area contributed by atoms with Gasteiger partial charge in [0, 0.05) is 24.4 Å². The Morgan fingerprint density at radius 1 is 1.29 bits per heavy atom. The van der Waals surface area contributed by atoms with Gasteiger partial charge in [0.2, 0.25) is 5.95 Å². The fraction of sp³-hybridized carbons (Fsp3) is 0.294. The number of hydrogen-bond acceptors (Lipinski definition) is 4. The van der Waals surface area contributed by atoms with E-state index in [-0.39, 0.29) is 22.2 Å². The van der Waals surface area contributed by atoms with Crippen molar-refractivity contribution in [1.29, 1.82) is 0 Å². The lowest BCUT2D eigenvalue weighted by Gasteiger charge is -2.28. The average molecular weight is 465 g/mol. The van der Waals surface area contributed by atoms with Crippen molar-refractivity contribution >= 4 is 34.7 Å². The van der Waals surface area contributed by atoms with Crippen LogP contribution in [0.15, 0.2) is 24.4 Å². The highest BCUT2D eigenvalue weighted by atomic mass is 35.5. The molecule has 4 rings (SSSR count). The Kier molecular flexibility index (Phi) is 4.76. The molecule has 0 bridgehead atoms. The molecule has 2 amide bonds. The zero-order valence-corrected chi connectivity index (χ0v) is 16.1. The van der Waals surface area contributed by atoms with Gasteiger partial charge in [-0.3, -0.25) is 4.90 Å². The van der Waals surface area contributed by atoms with E-state index < -0.39 is 47.9 Å². The van der Waals surface area contributed by atoms with E-state index in [0.29, 0.717) is 6.07 Å². The zero-order chi connectivity index (χ0) is 22.7. The predicted molar refractivity (Wildman–Crippen MR) is 96.9 cm³/mol. The lowest BCUT2D eigenvalue weighted by Crippen LogP contribution is -2.46. The zero-order valence-electron chi connectivity index (χ0n) is 15.4. The van der Waals surface area contributed by atoms with Crippen molar-refractivity contribution < 1.29 is 31.1 Å². The van der Waals surface area contributed by atoms with Gasteiger partial charge < -0.3 is 5.32 Å². The van der Waals surface area contributed by atoms with Gasteiger partial charge in [-0.1, -0.05) is 11.6 Å². The normalized spacial score (nSPS) is 18.7. The minimum Gasteiger partial charge on any atom is -0.307 e. The Balaban J connectivity index is 1.78. The number of urea groups is 1. The average Bonchev–Trinajstić information content (AvgIpc) is 3.18. The van der Waals surface area contributed by atoms with Crippen molar-refractivity contribution in [2.45, 2.75) is 24.9 Å². The predicted octanol–water partition coefficient (Wildman–Crippen LogP) is 4.73. The standard InChI is InChI=1S/C17H11ClF6N6O/c1-16(17(22,23)24)6-29(9-5-25-12-4-10(18)28-30(12)13(9)16)15(31)26-7-2-8(14(20)21)27-11(19)3-7/h2-5,14H,6H2,1H3,(H,26,27,31)/t16-/m1/s1. The number of carbonyl (C=O) groups excluding carboxylic acids is 1. The molecule has 0 radical (unpaired) electrons. The molecular weight excluding hydrogens is 454 g/mol. The summed E-state index contributed by atoms with van der Waals surface area (Å²) in [5, 5.41) is 5.86. The third-order valence-electron chi connectivity index (χ3n) is 4.88. The number of hydrogen-bond donors (Lipinski definition) is 1. The van der Waals surface area contributed by atoms with Crippen LogP contribution in [0.25, 0.3) is 5.65 Å². The summed E-state index contributed by atoms with van der Waals surface area (Å²) in [6, 6.07) is 1.53. The Morgan fingerprint density at radius 2 is 2.00 bits per heavy atom. The van der Waals surface area contributed by atoms with Crippen molar-refractivity contribution in [3.05, 3.63) is 46.9 Å². The molecule has 0 saturated heterocycles. The summed E-state index contributed by atoms with van der Waals surface area (Å²) in [7, 11) is 0. The molecule has 3 aromatic rings. The van der Waals surface area contributed by atoms with E-state index in [4.69, 9.17) is 11.6 Å². The number of halogens is 7. The first-order valence-corrected chi connectivity index (χ1v) is 8.94. The van der Waals surface area contributed by atoms with Crippen molar-refractivity contribution in [3.8, 4) is 0 Å². The summed E-state index contributed by atoms with van der Waals surface area (Å²) >= 11 is 5.80. The summed E-state index contributed by atoms with van der Waals surface area (Å²) in [6.45, 7) is 0.0281. The molecule has 1 atom stereocenters. The lowest BCUT2D eigenvalue weighted by molar-refractivity contribution is -0.181. The third kappa shape index (κ3) is 3.42. The Labute approximate surface area is 174 Å². The molecule has 0 aliphatic carbocycles. The minimum atomic E-state index is -4.80. The van der Waals surface area contributed by atoms with Crippen molar-refractivity contribution in [3.63, 3.8) is 0 Å². The van der Waals surface area contributed by atoms with E-state index in [9.17, 15) is 31.1 Å². The molecule has 0 unspecified atom stereocenters. The molecule has 0 aromatic carbocycles. The van der Waals surface area contributed by atoms with Crippen LogP contribution < -0.4 is 10.2 Å². The smallest absolute Gasteiger partial charge is 0.307 e. The Morgan fingerprint density at radius 3 is 2.65 bits per heavy atom. The topological polar surface area (TPSA) is 75.4 Å². The van der Waals surface area contributed by atoms with Crippen LogP contribution in [0.5, 0.6) is 0 Å². The molecule has 4 heterocycles. The van der Waals surface area contributed by atoms with Gasteiger partial charge in [-0.25, -0.2) is 28.1 Å². The molecular formula is C17H11ClF6N6O. The van der Waals surface area contributed by atoms with Crippen molar-refractivity contribution in [2.75, 3.05) is 16.8 Å². The number of amides is 2. The van der Waals surface area contributed by atoms with Crippen LogP contribution in [0.4, 0.5) is 42.5 Å². The van der Waals surface area contributed by atoms with Crippen LogP contribution in [0.1, 0.15) is 24.7 Å². The molecule has 0 spiro atoms. The summed E-state index contributed by atoms with van der Waals surface area (Å²) < 4.78 is 82.2. The number of rotatable bonds is 2. The molecule has 7 nitrogen and oxygen atoms in total. The van der Waals surface area contributed by atoms with Gasteiger partial charge in [0.15, 0.2) is 10.8 Å². The minimum absolute atomic E-state index is 0.0410. The summed E-state index contributed by atoms with van der Waals surface area (Å²) in [5.41, 5.74) is -4.43. The van der Waals surface area contributed by atoms with E-state index in [0.717, 1.165) is 28.6 Å². The molecule has 1 aliphatic rings. The number of nitrogens with one attached hydrogen (secondary N) is 1. The van der Waals surface area contributed by atoms with Crippen molar-refractivity contribution in [1.82, 2.24) is 19.6 Å². The van der Waals surface area contributed by atoms with Crippen LogP contribution in [0, 0.1) is 5.95 Å². The number of carbonyl (C=O) groups is 1. The van der Waals surface area contributed by atoms with E-state index in [2.05, 4.69) is 20.4 Å². The highest BCUT2D eigenvalue weighted by molar-refractivity contribution is 6.29. The first kappa shape index (κ1) is 21.2. The molecule has 164 valence electrons. The number of alkyl halides is 5. The molecule has 14 heteroatoms. The van der Waals surface area contributed by atoms with E-state index in [1.54, 1.807) is 0 Å².